The fourth-order valence-electron chi connectivity index (χ4n) is 4.04. The number of nitrogens with zero attached hydrogens (tertiary/aromatic N) is 4. The summed E-state index contributed by atoms with van der Waals surface area (Å²) in [5, 5.41) is 12.2. The smallest absolute Gasteiger partial charge is 0.236 e. The highest BCUT2D eigenvalue weighted by molar-refractivity contribution is 5.93. The molecule has 1 aromatic heterocycles. The zero-order valence-corrected chi connectivity index (χ0v) is 16.9. The number of aromatic hydroxyl groups is 1. The molecule has 0 saturated carbocycles. The molecule has 1 aromatic carbocycles. The molecule has 158 valence electrons. The lowest BCUT2D eigenvalue weighted by Gasteiger charge is -2.36. The molecule has 8 nitrogen and oxygen atoms in total. The van der Waals surface area contributed by atoms with E-state index in [1.54, 1.807) is 36.7 Å². The Bertz CT molecular complexity index is 866. The Morgan fingerprint density at radius 1 is 1.00 bits per heavy atom. The Labute approximate surface area is 176 Å². The van der Waals surface area contributed by atoms with Gasteiger partial charge < -0.3 is 20.2 Å². The molecule has 0 unspecified atom stereocenters. The summed E-state index contributed by atoms with van der Waals surface area (Å²) in [5.41, 5.74) is 1.80. The Balaban J connectivity index is 1.22. The molecule has 2 N–H and O–H groups in total. The SMILES string of the molecule is O=C(Nc1ccc(O)cc1)[C@@H]1CCN(CC(=O)N2CCN(c3ccncc3)CC2)C1. The molecule has 1 atom stereocenters. The molecule has 0 bridgehead atoms. The normalized spacial score (nSPS) is 19.7. The highest BCUT2D eigenvalue weighted by Gasteiger charge is 2.31. The molecule has 2 aliphatic heterocycles. The quantitative estimate of drug-likeness (QED) is 0.726. The minimum Gasteiger partial charge on any atom is -0.508 e. The van der Waals surface area contributed by atoms with Gasteiger partial charge in [0.2, 0.25) is 11.8 Å². The van der Waals surface area contributed by atoms with Gasteiger partial charge in [0.15, 0.2) is 0 Å². The molecule has 2 amide bonds. The summed E-state index contributed by atoms with van der Waals surface area (Å²) in [4.78, 5) is 35.5. The highest BCUT2D eigenvalue weighted by Crippen LogP contribution is 2.20. The number of phenols is 1. The number of pyridine rings is 1. The number of benzene rings is 1. The van der Waals surface area contributed by atoms with Gasteiger partial charge in [0.25, 0.3) is 0 Å². The predicted molar refractivity (Wildman–Crippen MR) is 114 cm³/mol. The minimum absolute atomic E-state index is 0.0402. The summed E-state index contributed by atoms with van der Waals surface area (Å²) < 4.78 is 0. The number of hydrogen-bond donors (Lipinski definition) is 2. The maximum atomic E-state index is 12.7. The van der Waals surface area contributed by atoms with Crippen molar-refractivity contribution in [1.82, 2.24) is 14.8 Å². The van der Waals surface area contributed by atoms with Gasteiger partial charge in [-0.2, -0.15) is 0 Å². The minimum atomic E-state index is -0.129. The lowest BCUT2D eigenvalue weighted by Crippen LogP contribution is -2.51. The monoisotopic (exact) mass is 409 g/mol. The van der Waals surface area contributed by atoms with Crippen molar-refractivity contribution in [3.8, 4) is 5.75 Å². The molecular formula is C22H27N5O3. The highest BCUT2D eigenvalue weighted by atomic mass is 16.3. The van der Waals surface area contributed by atoms with E-state index in [9.17, 15) is 14.7 Å². The van der Waals surface area contributed by atoms with Crippen LogP contribution < -0.4 is 10.2 Å². The van der Waals surface area contributed by atoms with E-state index in [2.05, 4.69) is 20.1 Å². The number of hydrogen-bond acceptors (Lipinski definition) is 6. The lowest BCUT2D eigenvalue weighted by atomic mass is 10.1. The van der Waals surface area contributed by atoms with Crippen LogP contribution in [0.1, 0.15) is 6.42 Å². The standard InChI is InChI=1S/C22H27N5O3/c28-20-3-1-18(2-4-20)24-22(30)17-7-10-25(15-17)16-21(29)27-13-11-26(12-14-27)19-5-8-23-9-6-19/h1-6,8-9,17,28H,7,10-16H2,(H,24,30)/t17-/m1/s1. The number of phenolic OH excluding ortho intramolecular Hbond substituents is 1. The zero-order valence-electron chi connectivity index (χ0n) is 16.9. The molecule has 4 rings (SSSR count). The van der Waals surface area contributed by atoms with Crippen molar-refractivity contribution < 1.29 is 14.7 Å². The fraction of sp³-hybridized carbons (Fsp3) is 0.409. The van der Waals surface area contributed by atoms with Gasteiger partial charge in [0.1, 0.15) is 5.75 Å². The van der Waals surface area contributed by atoms with E-state index in [1.165, 1.54) is 0 Å². The van der Waals surface area contributed by atoms with E-state index < -0.39 is 0 Å². The number of carbonyl (C=O) groups is 2. The van der Waals surface area contributed by atoms with Crippen LogP contribution in [0.3, 0.4) is 0 Å². The summed E-state index contributed by atoms with van der Waals surface area (Å²) in [7, 11) is 0. The van der Waals surface area contributed by atoms with Gasteiger partial charge in [-0.15, -0.1) is 0 Å². The zero-order chi connectivity index (χ0) is 20.9. The molecule has 30 heavy (non-hydrogen) atoms. The first-order valence-corrected chi connectivity index (χ1v) is 10.3. The Kier molecular flexibility index (Phi) is 6.13. The van der Waals surface area contributed by atoms with Crippen LogP contribution in [-0.2, 0) is 9.59 Å². The van der Waals surface area contributed by atoms with Gasteiger partial charge >= 0.3 is 0 Å². The number of carbonyl (C=O) groups excluding carboxylic acids is 2. The summed E-state index contributed by atoms with van der Waals surface area (Å²) in [5.74, 6) is 0.126. The Morgan fingerprint density at radius 3 is 2.40 bits per heavy atom. The van der Waals surface area contributed by atoms with Crippen molar-refractivity contribution in [3.05, 3.63) is 48.8 Å². The van der Waals surface area contributed by atoms with E-state index >= 15 is 0 Å². The van der Waals surface area contributed by atoms with Gasteiger partial charge in [-0.1, -0.05) is 0 Å². The van der Waals surface area contributed by atoms with Crippen LogP contribution >= 0.6 is 0 Å². The van der Waals surface area contributed by atoms with Crippen molar-refractivity contribution in [2.75, 3.05) is 56.0 Å². The predicted octanol–water partition coefficient (Wildman–Crippen LogP) is 1.40. The average Bonchev–Trinajstić information content (AvgIpc) is 3.25. The van der Waals surface area contributed by atoms with Crippen LogP contribution in [0.5, 0.6) is 5.75 Å². The molecule has 2 fully saturated rings. The van der Waals surface area contributed by atoms with Crippen LogP contribution in [0.4, 0.5) is 11.4 Å². The molecule has 8 heteroatoms. The van der Waals surface area contributed by atoms with Gasteiger partial charge in [0.05, 0.1) is 12.5 Å². The van der Waals surface area contributed by atoms with Crippen LogP contribution in [0, 0.1) is 5.92 Å². The number of likely N-dealkylation sites (tertiary alicyclic amines) is 1. The van der Waals surface area contributed by atoms with E-state index in [1.807, 2.05) is 17.0 Å². The molecule has 3 heterocycles. The van der Waals surface area contributed by atoms with Crippen molar-refractivity contribution in [2.45, 2.75) is 6.42 Å². The number of rotatable bonds is 5. The fourth-order valence-corrected chi connectivity index (χ4v) is 4.04. The first-order valence-electron chi connectivity index (χ1n) is 10.3. The number of piperazine rings is 1. The summed E-state index contributed by atoms with van der Waals surface area (Å²) >= 11 is 0. The number of anilines is 2. The second-order valence-electron chi connectivity index (χ2n) is 7.83. The van der Waals surface area contributed by atoms with Crippen LogP contribution in [0.15, 0.2) is 48.8 Å². The van der Waals surface area contributed by atoms with Crippen molar-refractivity contribution >= 4 is 23.2 Å². The van der Waals surface area contributed by atoms with Crippen molar-refractivity contribution in [2.24, 2.45) is 5.92 Å². The topological polar surface area (TPSA) is 89.0 Å². The van der Waals surface area contributed by atoms with Crippen LogP contribution in [0.2, 0.25) is 0 Å². The Morgan fingerprint density at radius 2 is 1.70 bits per heavy atom. The number of aromatic nitrogens is 1. The third-order valence-corrected chi connectivity index (χ3v) is 5.80. The molecular weight excluding hydrogens is 382 g/mol. The maximum Gasteiger partial charge on any atom is 0.236 e. The van der Waals surface area contributed by atoms with Gasteiger partial charge in [-0.3, -0.25) is 19.5 Å². The van der Waals surface area contributed by atoms with Gasteiger partial charge in [-0.05, 0) is 49.4 Å². The third-order valence-electron chi connectivity index (χ3n) is 5.80. The van der Waals surface area contributed by atoms with E-state index in [4.69, 9.17) is 0 Å². The molecule has 2 aliphatic rings. The third kappa shape index (κ3) is 4.88. The second kappa shape index (κ2) is 9.13. The molecule has 0 aliphatic carbocycles. The van der Waals surface area contributed by atoms with E-state index in [-0.39, 0.29) is 23.5 Å². The van der Waals surface area contributed by atoms with Gasteiger partial charge in [0, 0.05) is 56.5 Å². The first-order chi connectivity index (χ1) is 14.6. The summed E-state index contributed by atoms with van der Waals surface area (Å²) in [6.07, 6.45) is 4.32. The largest absolute Gasteiger partial charge is 0.508 e. The molecule has 0 radical (unpaired) electrons. The Hall–Kier alpha value is -3.13. The summed E-state index contributed by atoms with van der Waals surface area (Å²) in [6.45, 7) is 4.74. The lowest BCUT2D eigenvalue weighted by molar-refractivity contribution is -0.132. The van der Waals surface area contributed by atoms with Crippen LogP contribution in [-0.4, -0.2) is 77.5 Å². The molecule has 2 aromatic rings. The molecule has 2 saturated heterocycles. The average molecular weight is 409 g/mol. The number of amides is 2. The molecule has 0 spiro atoms. The van der Waals surface area contributed by atoms with E-state index in [0.717, 1.165) is 31.7 Å². The number of nitrogens with one attached hydrogen (secondary N) is 1. The van der Waals surface area contributed by atoms with E-state index in [0.29, 0.717) is 31.9 Å². The first kappa shape index (κ1) is 20.2. The van der Waals surface area contributed by atoms with Crippen LogP contribution in [0.25, 0.3) is 0 Å². The second-order valence-corrected chi connectivity index (χ2v) is 7.83. The summed E-state index contributed by atoms with van der Waals surface area (Å²) in [6, 6.07) is 10.4. The van der Waals surface area contributed by atoms with Crippen molar-refractivity contribution in [1.29, 1.82) is 0 Å². The van der Waals surface area contributed by atoms with Gasteiger partial charge in [-0.25, -0.2) is 0 Å². The van der Waals surface area contributed by atoms with Crippen molar-refractivity contribution in [3.63, 3.8) is 0 Å². The maximum absolute atomic E-state index is 12.7.